The lowest BCUT2D eigenvalue weighted by atomic mass is 9.90. The van der Waals surface area contributed by atoms with Gasteiger partial charge < -0.3 is 30.5 Å². The first-order valence-corrected chi connectivity index (χ1v) is 8.69. The third-order valence-corrected chi connectivity index (χ3v) is 4.62. The van der Waals surface area contributed by atoms with Gasteiger partial charge >= 0.3 is 0 Å². The van der Waals surface area contributed by atoms with Crippen molar-refractivity contribution >= 4 is 11.6 Å². The lowest BCUT2D eigenvalue weighted by Gasteiger charge is -2.40. The lowest BCUT2D eigenvalue weighted by molar-refractivity contribution is -0.231. The molecule has 7 heteroatoms. The van der Waals surface area contributed by atoms with E-state index < -0.39 is 37.1 Å². The Kier molecular flexibility index (Phi) is 5.88. The Morgan fingerprint density at radius 1 is 1.00 bits per heavy atom. The van der Waals surface area contributed by atoms with E-state index in [0.29, 0.717) is 11.3 Å². The summed E-state index contributed by atoms with van der Waals surface area (Å²) in [5.74, 6) is -0.165. The van der Waals surface area contributed by atoms with Crippen molar-refractivity contribution in [3.63, 3.8) is 0 Å². The maximum atomic E-state index is 11.3. The second kappa shape index (κ2) is 8.16. The normalized spacial score (nSPS) is 28.0. The minimum Gasteiger partial charge on any atom is -0.394 e. The molecule has 27 heavy (non-hydrogen) atoms. The van der Waals surface area contributed by atoms with Crippen LogP contribution < -0.4 is 5.32 Å². The summed E-state index contributed by atoms with van der Waals surface area (Å²) in [5, 5.41) is 42.3. The van der Waals surface area contributed by atoms with Gasteiger partial charge in [0.25, 0.3) is 0 Å². The molecule has 0 bridgehead atoms. The van der Waals surface area contributed by atoms with Crippen LogP contribution in [-0.2, 0) is 9.53 Å². The molecule has 5 N–H and O–H groups in total. The fourth-order valence-corrected chi connectivity index (χ4v) is 3.25. The van der Waals surface area contributed by atoms with Crippen molar-refractivity contribution in [2.45, 2.75) is 37.4 Å². The predicted octanol–water partition coefficient (Wildman–Crippen LogP) is 0.827. The van der Waals surface area contributed by atoms with Gasteiger partial charge in [-0.15, -0.1) is 0 Å². The Morgan fingerprint density at radius 3 is 2.33 bits per heavy atom. The van der Waals surface area contributed by atoms with E-state index in [2.05, 4.69) is 5.32 Å². The summed E-state index contributed by atoms with van der Waals surface area (Å²) in [5.41, 5.74) is 2.96. The molecule has 0 radical (unpaired) electrons. The summed E-state index contributed by atoms with van der Waals surface area (Å²) in [4.78, 5) is 11.3. The van der Waals surface area contributed by atoms with Gasteiger partial charge in [0, 0.05) is 12.6 Å². The van der Waals surface area contributed by atoms with Crippen LogP contribution in [0.4, 0.5) is 5.69 Å². The van der Waals surface area contributed by atoms with E-state index in [-0.39, 0.29) is 5.91 Å². The monoisotopic (exact) mass is 373 g/mol. The molecule has 0 unspecified atom stereocenters. The Hall–Kier alpha value is -2.29. The molecule has 0 spiro atoms. The zero-order chi connectivity index (χ0) is 19.6. The van der Waals surface area contributed by atoms with E-state index in [9.17, 15) is 25.2 Å². The molecule has 1 aliphatic rings. The summed E-state index contributed by atoms with van der Waals surface area (Å²) < 4.78 is 5.62. The Morgan fingerprint density at radius 2 is 1.67 bits per heavy atom. The SMILES string of the molecule is CC(=O)Nc1cccc(-c2cccc([C@H]3O[C@H](CO)[C@@H](O)[C@H](O)[C@H]3O)c2)c1. The number of aliphatic hydroxyl groups is 4. The van der Waals surface area contributed by atoms with Gasteiger partial charge in [-0.1, -0.05) is 30.3 Å². The lowest BCUT2D eigenvalue weighted by Crippen LogP contribution is -2.55. The summed E-state index contributed by atoms with van der Waals surface area (Å²) in [6, 6.07) is 14.5. The molecule has 0 aliphatic carbocycles. The molecule has 1 amide bonds. The minimum atomic E-state index is -1.42. The minimum absolute atomic E-state index is 0.165. The molecular weight excluding hydrogens is 350 g/mol. The zero-order valence-corrected chi connectivity index (χ0v) is 14.8. The van der Waals surface area contributed by atoms with E-state index in [1.807, 2.05) is 24.3 Å². The molecular formula is C20H23NO6. The highest BCUT2D eigenvalue weighted by molar-refractivity contribution is 5.89. The molecule has 2 aromatic rings. The number of carbonyl (C=O) groups is 1. The topological polar surface area (TPSA) is 119 Å². The number of amides is 1. The van der Waals surface area contributed by atoms with E-state index in [0.717, 1.165) is 11.1 Å². The second-order valence-corrected chi connectivity index (χ2v) is 6.64. The smallest absolute Gasteiger partial charge is 0.221 e. The maximum Gasteiger partial charge on any atom is 0.221 e. The summed E-state index contributed by atoms with van der Waals surface area (Å²) >= 11 is 0. The number of anilines is 1. The molecule has 1 heterocycles. The molecule has 1 aliphatic heterocycles. The average Bonchev–Trinajstić information content (AvgIpc) is 2.66. The van der Waals surface area contributed by atoms with Crippen LogP contribution in [0.2, 0.25) is 0 Å². The average molecular weight is 373 g/mol. The fourth-order valence-electron chi connectivity index (χ4n) is 3.25. The molecule has 5 atom stereocenters. The highest BCUT2D eigenvalue weighted by Crippen LogP contribution is 2.34. The van der Waals surface area contributed by atoms with Crippen molar-refractivity contribution < 1.29 is 30.0 Å². The van der Waals surface area contributed by atoms with Crippen molar-refractivity contribution in [3.8, 4) is 11.1 Å². The van der Waals surface area contributed by atoms with E-state index >= 15 is 0 Å². The maximum absolute atomic E-state index is 11.3. The van der Waals surface area contributed by atoms with Gasteiger partial charge in [-0.2, -0.15) is 0 Å². The number of benzene rings is 2. The number of nitrogens with one attached hydrogen (secondary N) is 1. The summed E-state index contributed by atoms with van der Waals surface area (Å²) in [6.45, 7) is 0.965. The molecule has 144 valence electrons. The van der Waals surface area contributed by atoms with Crippen molar-refractivity contribution in [2.75, 3.05) is 11.9 Å². The molecule has 7 nitrogen and oxygen atoms in total. The zero-order valence-electron chi connectivity index (χ0n) is 14.8. The van der Waals surface area contributed by atoms with Gasteiger partial charge in [-0.3, -0.25) is 4.79 Å². The number of rotatable bonds is 4. The van der Waals surface area contributed by atoms with Crippen molar-refractivity contribution in [3.05, 3.63) is 54.1 Å². The van der Waals surface area contributed by atoms with Crippen LogP contribution in [0.15, 0.2) is 48.5 Å². The number of hydrogen-bond acceptors (Lipinski definition) is 6. The van der Waals surface area contributed by atoms with Crippen molar-refractivity contribution in [1.82, 2.24) is 0 Å². The highest BCUT2D eigenvalue weighted by Gasteiger charge is 2.43. The van der Waals surface area contributed by atoms with Crippen molar-refractivity contribution in [2.24, 2.45) is 0 Å². The van der Waals surface area contributed by atoms with Gasteiger partial charge in [-0.25, -0.2) is 0 Å². The fraction of sp³-hybridized carbons (Fsp3) is 0.350. The van der Waals surface area contributed by atoms with Gasteiger partial charge in [-0.05, 0) is 34.9 Å². The summed E-state index contributed by atoms with van der Waals surface area (Å²) in [6.07, 6.45) is -5.99. The van der Waals surface area contributed by atoms with Crippen LogP contribution >= 0.6 is 0 Å². The van der Waals surface area contributed by atoms with Crippen LogP contribution in [0.5, 0.6) is 0 Å². The number of carbonyl (C=O) groups excluding carboxylic acids is 1. The first kappa shape index (κ1) is 19.5. The van der Waals surface area contributed by atoms with Gasteiger partial charge in [0.1, 0.15) is 30.5 Å². The van der Waals surface area contributed by atoms with E-state index in [1.54, 1.807) is 24.3 Å². The molecule has 2 aromatic carbocycles. The number of aliphatic hydroxyl groups excluding tert-OH is 4. The van der Waals surface area contributed by atoms with Crippen molar-refractivity contribution in [1.29, 1.82) is 0 Å². The molecule has 1 fully saturated rings. The molecule has 1 saturated heterocycles. The molecule has 0 saturated carbocycles. The van der Waals surface area contributed by atoms with Crippen LogP contribution in [0.3, 0.4) is 0 Å². The first-order valence-electron chi connectivity index (χ1n) is 8.69. The number of ether oxygens (including phenoxy) is 1. The quantitative estimate of drug-likeness (QED) is 0.542. The predicted molar refractivity (Wildman–Crippen MR) is 98.9 cm³/mol. The Labute approximate surface area is 156 Å². The summed E-state index contributed by atoms with van der Waals surface area (Å²) in [7, 11) is 0. The van der Waals surface area contributed by atoms with Gasteiger partial charge in [0.2, 0.25) is 5.91 Å². The van der Waals surface area contributed by atoms with Crippen LogP contribution in [0.25, 0.3) is 11.1 Å². The second-order valence-electron chi connectivity index (χ2n) is 6.64. The van der Waals surface area contributed by atoms with Gasteiger partial charge in [0.15, 0.2) is 0 Å². The third kappa shape index (κ3) is 4.18. The van der Waals surface area contributed by atoms with E-state index in [4.69, 9.17) is 4.74 Å². The van der Waals surface area contributed by atoms with Crippen LogP contribution in [-0.4, -0.2) is 57.4 Å². The highest BCUT2D eigenvalue weighted by atomic mass is 16.5. The third-order valence-electron chi connectivity index (χ3n) is 4.62. The standard InChI is InChI=1S/C20H23NO6/c1-11(23)21-15-7-3-5-13(9-15)12-4-2-6-14(8-12)20-19(26)18(25)17(24)16(10-22)27-20/h2-9,16-20,22,24-26H,10H2,1H3,(H,21,23)/t16-,17-,18+,19-,20-/m1/s1. The first-order chi connectivity index (χ1) is 12.9. The van der Waals surface area contributed by atoms with Crippen LogP contribution in [0.1, 0.15) is 18.6 Å². The van der Waals surface area contributed by atoms with E-state index in [1.165, 1.54) is 6.92 Å². The largest absolute Gasteiger partial charge is 0.394 e. The molecule has 3 rings (SSSR count). The van der Waals surface area contributed by atoms with Gasteiger partial charge in [0.05, 0.1) is 6.61 Å². The number of hydrogen-bond donors (Lipinski definition) is 5. The van der Waals surface area contributed by atoms with Crippen LogP contribution in [0, 0.1) is 0 Å². The Bertz CT molecular complexity index is 809. The molecule has 0 aromatic heterocycles. The Balaban J connectivity index is 1.90.